The van der Waals surface area contributed by atoms with E-state index in [1.807, 2.05) is 36.4 Å². The summed E-state index contributed by atoms with van der Waals surface area (Å²) in [5.74, 6) is -0.830. The number of nitrogens with zero attached hydrogens (tertiary/aromatic N) is 4. The fourth-order valence-corrected chi connectivity index (χ4v) is 11.5. The summed E-state index contributed by atoms with van der Waals surface area (Å²) < 4.78 is 47.4. The monoisotopic (exact) mass is 917 g/mol. The molecule has 354 valence electrons. The van der Waals surface area contributed by atoms with Crippen LogP contribution in [0.2, 0.25) is 0 Å². The molecular weight excluding hydrogens is 851 g/mol. The number of fused-ring (bicyclic) bond motifs is 6. The van der Waals surface area contributed by atoms with E-state index in [4.69, 9.17) is 19.2 Å². The highest BCUT2D eigenvalue weighted by atomic mass is 32.2. The van der Waals surface area contributed by atoms with Gasteiger partial charge in [-0.3, -0.25) is 19.1 Å². The first-order valence-corrected chi connectivity index (χ1v) is 25.8. The number of carbonyl (C=O) groups is 4. The maximum absolute atomic E-state index is 14.9. The molecule has 3 saturated carbocycles. The smallest absolute Gasteiger partial charge is 0.408 e. The topological polar surface area (TPSA) is 189 Å². The molecule has 3 aliphatic carbocycles. The molecule has 0 radical (unpaired) electrons. The van der Waals surface area contributed by atoms with Gasteiger partial charge in [-0.15, -0.1) is 0 Å². The van der Waals surface area contributed by atoms with Gasteiger partial charge in [-0.1, -0.05) is 50.0 Å². The molecule has 16 nitrogen and oxygen atoms in total. The lowest BCUT2D eigenvalue weighted by Crippen LogP contribution is -2.58. The van der Waals surface area contributed by atoms with Crippen LogP contribution in [0, 0.1) is 11.8 Å². The highest BCUT2D eigenvalue weighted by molar-refractivity contribution is 7.91. The molecule has 0 unspecified atom stereocenters. The van der Waals surface area contributed by atoms with Gasteiger partial charge in [0.25, 0.3) is 5.91 Å². The van der Waals surface area contributed by atoms with E-state index < -0.39 is 68.2 Å². The van der Waals surface area contributed by atoms with Gasteiger partial charge < -0.3 is 39.5 Å². The molecule has 4 aliphatic heterocycles. The minimum Gasteiger partial charge on any atom is -0.492 e. The van der Waals surface area contributed by atoms with Crippen LogP contribution in [-0.4, -0.2) is 139 Å². The van der Waals surface area contributed by atoms with Crippen molar-refractivity contribution in [3.8, 4) is 11.6 Å². The van der Waals surface area contributed by atoms with E-state index >= 15 is 0 Å². The van der Waals surface area contributed by atoms with E-state index in [9.17, 15) is 27.6 Å². The number of piperazine rings is 1. The molecule has 2 aromatic rings. The van der Waals surface area contributed by atoms with Gasteiger partial charge in [-0.05, 0) is 103 Å². The third-order valence-electron chi connectivity index (χ3n) is 15.0. The molecule has 3 N–H and O–H groups in total. The third-order valence-corrected chi connectivity index (χ3v) is 17.2. The number of para-hydroxylation sites is 1. The summed E-state index contributed by atoms with van der Waals surface area (Å²) in [7, 11) is -1.84. The highest BCUT2D eigenvalue weighted by Gasteiger charge is 2.63. The van der Waals surface area contributed by atoms with Crippen molar-refractivity contribution in [2.75, 3.05) is 52.9 Å². The fourth-order valence-electron chi connectivity index (χ4n) is 10.2. The second-order valence-electron chi connectivity index (χ2n) is 20.0. The lowest BCUT2D eigenvalue weighted by molar-refractivity contribution is -0.141. The van der Waals surface area contributed by atoms with Gasteiger partial charge in [0.15, 0.2) is 0 Å². The van der Waals surface area contributed by atoms with Gasteiger partial charge in [0, 0.05) is 50.4 Å². The summed E-state index contributed by atoms with van der Waals surface area (Å²) in [6.45, 7) is 7.25. The Morgan fingerprint density at radius 1 is 0.985 bits per heavy atom. The van der Waals surface area contributed by atoms with Crippen molar-refractivity contribution >= 4 is 44.7 Å². The van der Waals surface area contributed by atoms with Gasteiger partial charge in [0.2, 0.25) is 27.7 Å². The van der Waals surface area contributed by atoms with Crippen molar-refractivity contribution in [1.82, 2.24) is 35.0 Å². The van der Waals surface area contributed by atoms with Crippen molar-refractivity contribution in [2.45, 2.75) is 144 Å². The first kappa shape index (κ1) is 45.7. The Labute approximate surface area is 383 Å². The van der Waals surface area contributed by atoms with Crippen LogP contribution in [-0.2, 0) is 35.6 Å². The molecule has 5 heterocycles. The molecule has 1 aromatic carbocycles. The van der Waals surface area contributed by atoms with E-state index in [1.54, 1.807) is 6.92 Å². The second kappa shape index (κ2) is 19.0. The minimum absolute atomic E-state index is 0.0132. The Kier molecular flexibility index (Phi) is 13.4. The molecule has 9 rings (SSSR count). The molecule has 7 aliphatic rings. The van der Waals surface area contributed by atoms with Crippen LogP contribution in [0.4, 0.5) is 4.79 Å². The van der Waals surface area contributed by atoms with E-state index in [2.05, 4.69) is 32.2 Å². The fraction of sp³-hybridized carbons (Fsp3) is 0.688. The second-order valence-corrected chi connectivity index (χ2v) is 22.2. The number of benzene rings is 1. The largest absolute Gasteiger partial charge is 0.492 e. The Bertz CT molecular complexity index is 2260. The number of likely N-dealkylation sites (N-methyl/N-ethyl adjacent to an activating group) is 1. The third kappa shape index (κ3) is 10.3. The number of pyridine rings is 1. The van der Waals surface area contributed by atoms with Crippen molar-refractivity contribution in [2.24, 2.45) is 11.8 Å². The number of ether oxygens (including phenoxy) is 3. The molecule has 1 aromatic heterocycles. The molecule has 2 saturated heterocycles. The van der Waals surface area contributed by atoms with E-state index in [1.165, 1.54) is 4.90 Å². The van der Waals surface area contributed by atoms with Crippen LogP contribution in [0.25, 0.3) is 10.9 Å². The van der Waals surface area contributed by atoms with E-state index in [0.29, 0.717) is 56.5 Å². The summed E-state index contributed by atoms with van der Waals surface area (Å²) in [6, 6.07) is 5.82. The van der Waals surface area contributed by atoms with Crippen LogP contribution in [0.3, 0.4) is 0 Å². The number of aromatic nitrogens is 1. The maximum atomic E-state index is 14.9. The zero-order valence-corrected chi connectivity index (χ0v) is 38.9. The van der Waals surface area contributed by atoms with E-state index in [0.717, 1.165) is 101 Å². The van der Waals surface area contributed by atoms with Crippen molar-refractivity contribution in [3.05, 3.63) is 42.0 Å². The van der Waals surface area contributed by atoms with Crippen LogP contribution < -0.4 is 24.8 Å². The number of carbonyl (C=O) groups excluding carboxylic acids is 4. The number of alkyl carbamates (subject to hydrolysis) is 1. The molecule has 7 atom stereocenters. The van der Waals surface area contributed by atoms with Gasteiger partial charge >= 0.3 is 6.09 Å². The first-order valence-electron chi connectivity index (χ1n) is 24.3. The molecular formula is C48H67N7O9S. The first-order chi connectivity index (χ1) is 31.3. The number of hydrogen-bond acceptors (Lipinski definition) is 12. The SMILES string of the molecule is CN1CCN(CCCOc2c3c(nc4ccccc24)O[C@@H]2C[C@H]4C(=O)N[C@]5(C(=O)NS(=O)(=O)C6(C)CC6)C[C@H]5C=CCCCCC[C@H](NC(=O)O[C@@H]5C[C@H]5CCCCC3)C(=O)N4C2)CC1. The van der Waals surface area contributed by atoms with Gasteiger partial charge in [0.05, 0.1) is 29.0 Å². The summed E-state index contributed by atoms with van der Waals surface area (Å²) in [4.78, 5) is 68.5. The van der Waals surface area contributed by atoms with Gasteiger partial charge in [0.1, 0.15) is 35.6 Å². The predicted octanol–water partition coefficient (Wildman–Crippen LogP) is 4.59. The number of allylic oxidation sites excluding steroid dienone is 1. The standard InChI is InChI=1S/C48H67N7O9S/c1-47(20-21-47)65(60,61)52-45(58)48-30-33(48)15-8-4-3-5-10-19-38-44(57)55-31-34(29-39(55)42(56)51-48)63-43-36(17-9-6-7-14-32-28-40(32)64-46(59)50-38)41(35-16-11-12-18-37(35)49-43)62-27-13-22-54-25-23-53(2)24-26-54/h8,11-12,15-16,18,32-34,38-40H,3-7,9-10,13-14,17,19-31H2,1-2H3,(H,50,59)(H,51,56)(H,52,58)/t32-,33-,34-,38+,39+,40-,48-/m1/s1. The molecule has 65 heavy (non-hydrogen) atoms. The Morgan fingerprint density at radius 2 is 1.77 bits per heavy atom. The zero-order valence-electron chi connectivity index (χ0n) is 38.1. The number of amides is 4. The molecule has 4 amide bonds. The summed E-state index contributed by atoms with van der Waals surface area (Å²) in [5, 5.41) is 6.75. The highest BCUT2D eigenvalue weighted by Crippen LogP contribution is 2.48. The Hall–Kier alpha value is -4.48. The average Bonchev–Trinajstić information content (AvgIpc) is 4.24. The van der Waals surface area contributed by atoms with Crippen LogP contribution >= 0.6 is 0 Å². The van der Waals surface area contributed by atoms with Crippen molar-refractivity contribution in [3.63, 3.8) is 0 Å². The number of hydrogen-bond donors (Lipinski definition) is 3. The summed E-state index contributed by atoms with van der Waals surface area (Å²) in [5.41, 5.74) is 0.0523. The molecule has 3 bridgehead atoms. The lowest BCUT2D eigenvalue weighted by atomic mass is 10.0. The molecule has 0 spiro atoms. The predicted molar refractivity (Wildman–Crippen MR) is 244 cm³/mol. The Balaban J connectivity index is 1.03. The van der Waals surface area contributed by atoms with Crippen LogP contribution in [0.15, 0.2) is 36.4 Å². The Morgan fingerprint density at radius 3 is 2.58 bits per heavy atom. The van der Waals surface area contributed by atoms with Crippen molar-refractivity contribution in [1.29, 1.82) is 0 Å². The quantitative estimate of drug-likeness (QED) is 0.247. The molecule has 17 heteroatoms. The van der Waals surface area contributed by atoms with Crippen LogP contribution in [0.1, 0.15) is 109 Å². The van der Waals surface area contributed by atoms with Crippen molar-refractivity contribution < 1.29 is 41.8 Å². The summed E-state index contributed by atoms with van der Waals surface area (Å²) >= 11 is 0. The lowest BCUT2D eigenvalue weighted by Gasteiger charge is -2.32. The molecule has 5 fully saturated rings. The normalized spacial score (nSPS) is 31.2. The minimum atomic E-state index is -4.00. The number of nitrogens with one attached hydrogen (secondary N) is 3. The van der Waals surface area contributed by atoms with Gasteiger partial charge in [-0.25, -0.2) is 18.2 Å². The van der Waals surface area contributed by atoms with E-state index in [-0.39, 0.29) is 31.4 Å². The van der Waals surface area contributed by atoms with Crippen LogP contribution in [0.5, 0.6) is 11.6 Å². The maximum Gasteiger partial charge on any atom is 0.408 e. The van der Waals surface area contributed by atoms with Gasteiger partial charge in [-0.2, -0.15) is 0 Å². The summed E-state index contributed by atoms with van der Waals surface area (Å²) in [6.07, 6.45) is 12.8. The number of rotatable bonds is 8. The number of sulfonamides is 1. The average molecular weight is 918 g/mol. The zero-order chi connectivity index (χ0) is 45.3.